The van der Waals surface area contributed by atoms with Gasteiger partial charge in [-0.1, -0.05) is 30.3 Å². The molecule has 150 valence electrons. The highest BCUT2D eigenvalue weighted by Gasteiger charge is 2.17. The van der Waals surface area contributed by atoms with Crippen LogP contribution in [0, 0.1) is 10.1 Å². The van der Waals surface area contributed by atoms with Gasteiger partial charge >= 0.3 is 0 Å². The van der Waals surface area contributed by atoms with Gasteiger partial charge in [0.15, 0.2) is 0 Å². The first-order chi connectivity index (χ1) is 14.0. The van der Waals surface area contributed by atoms with E-state index >= 15 is 0 Å². The third kappa shape index (κ3) is 4.96. The Kier molecular flexibility index (Phi) is 6.20. The van der Waals surface area contributed by atoms with E-state index in [1.807, 2.05) is 30.3 Å². The molecule has 9 nitrogen and oxygen atoms in total. The minimum atomic E-state index is -0.489. The molecule has 0 aliphatic rings. The van der Waals surface area contributed by atoms with Crippen molar-refractivity contribution in [3.05, 3.63) is 64.7 Å². The number of nitrogens with zero attached hydrogens (tertiary/aromatic N) is 3. The number of nitrogens with one attached hydrogen (secondary N) is 2. The molecular formula is C20H21N5O4. The van der Waals surface area contributed by atoms with Crippen molar-refractivity contribution in [1.29, 1.82) is 0 Å². The average Bonchev–Trinajstić information content (AvgIpc) is 2.74. The second-order valence-electron chi connectivity index (χ2n) is 6.32. The van der Waals surface area contributed by atoms with Gasteiger partial charge in [0, 0.05) is 17.7 Å². The van der Waals surface area contributed by atoms with Crippen molar-refractivity contribution in [2.24, 2.45) is 0 Å². The number of aliphatic hydroxyl groups is 1. The minimum Gasteiger partial charge on any atom is -0.496 e. The maximum absolute atomic E-state index is 11.5. The second-order valence-corrected chi connectivity index (χ2v) is 6.32. The molecule has 0 saturated carbocycles. The normalized spacial score (nSPS) is 11.6. The minimum absolute atomic E-state index is 0.0916. The number of aromatic nitrogens is 2. The van der Waals surface area contributed by atoms with Crippen LogP contribution in [-0.2, 0) is 0 Å². The molecule has 0 saturated heterocycles. The van der Waals surface area contributed by atoms with Crippen molar-refractivity contribution in [3.8, 4) is 17.0 Å². The maximum Gasteiger partial charge on any atom is 0.296 e. The molecule has 0 amide bonds. The molecule has 3 aromatic rings. The van der Waals surface area contributed by atoms with Crippen LogP contribution in [-0.4, -0.2) is 39.8 Å². The number of benzene rings is 2. The van der Waals surface area contributed by atoms with Crippen LogP contribution in [0.1, 0.15) is 6.92 Å². The highest BCUT2D eigenvalue weighted by atomic mass is 16.6. The lowest BCUT2D eigenvalue weighted by Gasteiger charge is -2.14. The van der Waals surface area contributed by atoms with Gasteiger partial charge in [0.05, 0.1) is 30.4 Å². The SMILES string of the molecule is COc1ccc(Nc2cc(-c3ccccc3)nc(N[C@@H](C)CO)n2)c([N+](=O)[O-])c1. The van der Waals surface area contributed by atoms with E-state index in [2.05, 4.69) is 20.6 Å². The number of hydrogen-bond acceptors (Lipinski definition) is 8. The summed E-state index contributed by atoms with van der Waals surface area (Å²) in [6.45, 7) is 1.70. The fraction of sp³-hybridized carbons (Fsp3) is 0.200. The van der Waals surface area contributed by atoms with Crippen LogP contribution >= 0.6 is 0 Å². The van der Waals surface area contributed by atoms with Crippen molar-refractivity contribution >= 4 is 23.1 Å². The maximum atomic E-state index is 11.5. The number of nitro benzene ring substituents is 1. The number of rotatable bonds is 8. The zero-order valence-electron chi connectivity index (χ0n) is 16.0. The molecule has 2 aromatic carbocycles. The van der Waals surface area contributed by atoms with Crippen LogP contribution in [0.5, 0.6) is 5.75 Å². The van der Waals surface area contributed by atoms with E-state index < -0.39 is 4.92 Å². The van der Waals surface area contributed by atoms with E-state index in [9.17, 15) is 15.2 Å². The van der Waals surface area contributed by atoms with Crippen molar-refractivity contribution < 1.29 is 14.8 Å². The first kappa shape index (κ1) is 20.0. The van der Waals surface area contributed by atoms with E-state index in [1.165, 1.54) is 13.2 Å². The van der Waals surface area contributed by atoms with E-state index in [0.29, 0.717) is 23.2 Å². The zero-order chi connectivity index (χ0) is 20.8. The number of hydrogen-bond donors (Lipinski definition) is 3. The van der Waals surface area contributed by atoms with Crippen molar-refractivity contribution in [2.75, 3.05) is 24.4 Å². The first-order valence-corrected chi connectivity index (χ1v) is 8.91. The average molecular weight is 395 g/mol. The molecule has 1 aromatic heterocycles. The van der Waals surface area contributed by atoms with E-state index in [-0.39, 0.29) is 24.0 Å². The molecule has 0 unspecified atom stereocenters. The van der Waals surface area contributed by atoms with Gasteiger partial charge in [-0.25, -0.2) is 4.98 Å². The largest absolute Gasteiger partial charge is 0.496 e. The standard InChI is InChI=1S/C20H21N5O4/c1-13(12-26)21-20-23-17(14-6-4-3-5-7-14)11-19(24-20)22-16-9-8-15(29-2)10-18(16)25(27)28/h3-11,13,26H,12H2,1-2H3,(H2,21,22,23,24)/t13-/m0/s1. The van der Waals surface area contributed by atoms with E-state index in [1.54, 1.807) is 25.1 Å². The van der Waals surface area contributed by atoms with Crippen molar-refractivity contribution in [2.45, 2.75) is 13.0 Å². The van der Waals surface area contributed by atoms with Gasteiger partial charge < -0.3 is 20.5 Å². The molecule has 0 aliphatic carbocycles. The van der Waals surface area contributed by atoms with Gasteiger partial charge in [-0.05, 0) is 19.1 Å². The molecule has 1 atom stereocenters. The van der Waals surface area contributed by atoms with Gasteiger partial charge in [0.25, 0.3) is 5.69 Å². The Morgan fingerprint density at radius 1 is 1.17 bits per heavy atom. The third-order valence-corrected chi connectivity index (χ3v) is 4.11. The topological polar surface area (TPSA) is 122 Å². The summed E-state index contributed by atoms with van der Waals surface area (Å²) in [7, 11) is 1.45. The van der Waals surface area contributed by atoms with Crippen LogP contribution in [0.15, 0.2) is 54.6 Å². The summed E-state index contributed by atoms with van der Waals surface area (Å²) < 4.78 is 5.07. The molecule has 9 heteroatoms. The molecule has 0 bridgehead atoms. The molecule has 0 radical (unpaired) electrons. The second kappa shape index (κ2) is 8.98. The summed E-state index contributed by atoms with van der Waals surface area (Å²) in [5, 5.41) is 26.8. The lowest BCUT2D eigenvalue weighted by atomic mass is 10.1. The smallest absolute Gasteiger partial charge is 0.296 e. The summed E-state index contributed by atoms with van der Waals surface area (Å²) in [4.78, 5) is 19.8. The van der Waals surface area contributed by atoms with Gasteiger partial charge in [-0.3, -0.25) is 10.1 Å². The van der Waals surface area contributed by atoms with Gasteiger partial charge in [-0.2, -0.15) is 4.98 Å². The van der Waals surface area contributed by atoms with Crippen LogP contribution in [0.2, 0.25) is 0 Å². The van der Waals surface area contributed by atoms with Crippen LogP contribution < -0.4 is 15.4 Å². The van der Waals surface area contributed by atoms with Gasteiger partial charge in [0.2, 0.25) is 5.95 Å². The Morgan fingerprint density at radius 3 is 2.59 bits per heavy atom. The van der Waals surface area contributed by atoms with Gasteiger partial charge in [-0.15, -0.1) is 0 Å². The summed E-state index contributed by atoms with van der Waals surface area (Å²) in [5.41, 5.74) is 1.63. The van der Waals surface area contributed by atoms with E-state index in [4.69, 9.17) is 4.74 Å². The summed E-state index contributed by atoms with van der Waals surface area (Å²) in [5.74, 6) is 1.06. The lowest BCUT2D eigenvalue weighted by Crippen LogP contribution is -2.21. The molecule has 0 fully saturated rings. The van der Waals surface area contributed by atoms with Crippen LogP contribution in [0.4, 0.5) is 23.1 Å². The highest BCUT2D eigenvalue weighted by molar-refractivity contribution is 5.72. The summed E-state index contributed by atoms with van der Waals surface area (Å²) in [6, 6.07) is 15.5. The lowest BCUT2D eigenvalue weighted by molar-refractivity contribution is -0.384. The molecule has 3 rings (SSSR count). The van der Waals surface area contributed by atoms with E-state index in [0.717, 1.165) is 5.56 Å². The Bertz CT molecular complexity index is 997. The number of methoxy groups -OCH3 is 1. The number of aliphatic hydroxyl groups excluding tert-OH is 1. The third-order valence-electron chi connectivity index (χ3n) is 4.11. The Labute approximate surface area is 167 Å². The first-order valence-electron chi connectivity index (χ1n) is 8.91. The predicted octanol–water partition coefficient (Wildman–Crippen LogP) is 3.60. The Morgan fingerprint density at radius 2 is 1.93 bits per heavy atom. The summed E-state index contributed by atoms with van der Waals surface area (Å²) >= 11 is 0. The molecule has 0 spiro atoms. The Balaban J connectivity index is 2.02. The molecule has 29 heavy (non-hydrogen) atoms. The highest BCUT2D eigenvalue weighted by Crippen LogP contribution is 2.32. The Hall–Kier alpha value is -3.72. The number of nitro groups is 1. The molecule has 0 aliphatic heterocycles. The monoisotopic (exact) mass is 395 g/mol. The summed E-state index contributed by atoms with van der Waals surface area (Å²) in [6.07, 6.45) is 0. The van der Waals surface area contributed by atoms with Crippen LogP contribution in [0.25, 0.3) is 11.3 Å². The fourth-order valence-electron chi connectivity index (χ4n) is 2.63. The number of anilines is 3. The van der Waals surface area contributed by atoms with Crippen molar-refractivity contribution in [1.82, 2.24) is 9.97 Å². The van der Waals surface area contributed by atoms with Crippen molar-refractivity contribution in [3.63, 3.8) is 0 Å². The van der Waals surface area contributed by atoms with Gasteiger partial charge in [0.1, 0.15) is 17.3 Å². The molecule has 1 heterocycles. The molecule has 3 N–H and O–H groups in total. The van der Waals surface area contributed by atoms with Crippen LogP contribution in [0.3, 0.4) is 0 Å². The predicted molar refractivity (Wildman–Crippen MR) is 111 cm³/mol. The fourth-order valence-corrected chi connectivity index (χ4v) is 2.63. The zero-order valence-corrected chi connectivity index (χ0v) is 16.0. The number of ether oxygens (including phenoxy) is 1. The molecular weight excluding hydrogens is 374 g/mol. The quantitative estimate of drug-likeness (QED) is 0.391.